The summed E-state index contributed by atoms with van der Waals surface area (Å²) in [6, 6.07) is 0.198. The minimum Gasteiger partial charge on any atom is -0.351 e. The number of nitrogens with zero attached hydrogens (tertiary/aromatic N) is 1. The van der Waals surface area contributed by atoms with Gasteiger partial charge in [0, 0.05) is 31.6 Å². The van der Waals surface area contributed by atoms with E-state index in [1.807, 2.05) is 34.6 Å². The Morgan fingerprint density at radius 1 is 1.22 bits per heavy atom. The molecule has 0 radical (unpaired) electrons. The van der Waals surface area contributed by atoms with E-state index in [0.29, 0.717) is 13.0 Å². The summed E-state index contributed by atoms with van der Waals surface area (Å²) in [5.41, 5.74) is -0.204. The van der Waals surface area contributed by atoms with Gasteiger partial charge in [-0.2, -0.15) is 0 Å². The molecule has 0 aromatic heterocycles. The first-order valence-electron chi connectivity index (χ1n) is 6.41. The van der Waals surface area contributed by atoms with Gasteiger partial charge in [-0.15, -0.1) is 0 Å². The van der Waals surface area contributed by atoms with Crippen LogP contribution in [-0.2, 0) is 9.59 Å². The first-order valence-corrected chi connectivity index (χ1v) is 6.41. The molecule has 0 aromatic rings. The summed E-state index contributed by atoms with van der Waals surface area (Å²) < 4.78 is 0. The second-order valence-corrected chi connectivity index (χ2v) is 5.82. The van der Waals surface area contributed by atoms with E-state index in [2.05, 4.69) is 10.6 Å². The average Bonchev–Trinajstić information content (AvgIpc) is 2.20. The average molecular weight is 257 g/mol. The van der Waals surface area contributed by atoms with Crippen molar-refractivity contribution in [3.8, 4) is 0 Å². The van der Waals surface area contributed by atoms with Gasteiger partial charge in [-0.05, 0) is 34.6 Å². The van der Waals surface area contributed by atoms with E-state index in [9.17, 15) is 9.59 Å². The van der Waals surface area contributed by atoms with Gasteiger partial charge in [0.05, 0.1) is 6.54 Å². The van der Waals surface area contributed by atoms with E-state index < -0.39 is 0 Å². The molecule has 18 heavy (non-hydrogen) atoms. The summed E-state index contributed by atoms with van der Waals surface area (Å²) in [5.74, 6) is 0.0425. The van der Waals surface area contributed by atoms with Crippen molar-refractivity contribution in [2.75, 3.05) is 20.1 Å². The Morgan fingerprint density at radius 2 is 1.78 bits per heavy atom. The van der Waals surface area contributed by atoms with Crippen LogP contribution in [0, 0.1) is 0 Å². The predicted octanol–water partition coefficient (Wildman–Crippen LogP) is 0.748. The molecule has 0 fully saturated rings. The molecule has 0 spiro atoms. The van der Waals surface area contributed by atoms with E-state index in [1.54, 1.807) is 11.9 Å². The van der Waals surface area contributed by atoms with Gasteiger partial charge in [0.25, 0.3) is 0 Å². The molecule has 2 amide bonds. The third-order valence-corrected chi connectivity index (χ3v) is 2.49. The summed E-state index contributed by atoms with van der Waals surface area (Å²) in [5, 5.41) is 5.86. The van der Waals surface area contributed by atoms with E-state index in [-0.39, 0.29) is 29.9 Å². The van der Waals surface area contributed by atoms with Crippen molar-refractivity contribution in [1.29, 1.82) is 0 Å². The molecule has 106 valence electrons. The van der Waals surface area contributed by atoms with Crippen molar-refractivity contribution in [1.82, 2.24) is 15.5 Å². The maximum Gasteiger partial charge on any atom is 0.236 e. The molecule has 0 saturated heterocycles. The molecule has 2 N–H and O–H groups in total. The first kappa shape index (κ1) is 16.9. The highest BCUT2D eigenvalue weighted by molar-refractivity contribution is 5.79. The van der Waals surface area contributed by atoms with Crippen LogP contribution in [0.3, 0.4) is 0 Å². The number of likely N-dealkylation sites (N-methyl/N-ethyl adjacent to an activating group) is 1. The van der Waals surface area contributed by atoms with Crippen molar-refractivity contribution in [2.45, 2.75) is 52.6 Å². The Balaban J connectivity index is 3.75. The SMILES string of the molecule is CC(C)N(C)C(=O)CNCCC(=O)NC(C)(C)C. The van der Waals surface area contributed by atoms with E-state index in [0.717, 1.165) is 0 Å². The zero-order valence-corrected chi connectivity index (χ0v) is 12.5. The van der Waals surface area contributed by atoms with Gasteiger partial charge >= 0.3 is 0 Å². The van der Waals surface area contributed by atoms with Crippen LogP contribution in [-0.4, -0.2) is 48.4 Å². The first-order chi connectivity index (χ1) is 8.13. The number of carbonyl (C=O) groups excluding carboxylic acids is 2. The van der Waals surface area contributed by atoms with Gasteiger partial charge < -0.3 is 15.5 Å². The van der Waals surface area contributed by atoms with Gasteiger partial charge in [0.2, 0.25) is 11.8 Å². The fraction of sp³-hybridized carbons (Fsp3) is 0.846. The minimum atomic E-state index is -0.204. The minimum absolute atomic E-state index is 0.000312. The highest BCUT2D eigenvalue weighted by Gasteiger charge is 2.14. The second-order valence-electron chi connectivity index (χ2n) is 5.82. The van der Waals surface area contributed by atoms with E-state index in [4.69, 9.17) is 0 Å². The summed E-state index contributed by atoms with van der Waals surface area (Å²) >= 11 is 0. The number of hydrogen-bond acceptors (Lipinski definition) is 3. The quantitative estimate of drug-likeness (QED) is 0.690. The maximum atomic E-state index is 11.6. The lowest BCUT2D eigenvalue weighted by molar-refractivity contribution is -0.130. The van der Waals surface area contributed by atoms with Crippen LogP contribution in [0.4, 0.5) is 0 Å². The highest BCUT2D eigenvalue weighted by atomic mass is 16.2. The molecule has 0 atom stereocenters. The van der Waals surface area contributed by atoms with Gasteiger partial charge in [-0.3, -0.25) is 9.59 Å². The lowest BCUT2D eigenvalue weighted by Crippen LogP contribution is -2.43. The molecule has 0 unspecified atom stereocenters. The smallest absolute Gasteiger partial charge is 0.236 e. The molecule has 0 heterocycles. The third-order valence-electron chi connectivity index (χ3n) is 2.49. The summed E-state index contributed by atoms with van der Waals surface area (Å²) in [4.78, 5) is 24.8. The van der Waals surface area contributed by atoms with Gasteiger partial charge in [0.15, 0.2) is 0 Å². The molecule has 0 saturated carbocycles. The summed E-state index contributed by atoms with van der Waals surface area (Å²) in [6.45, 7) is 10.6. The van der Waals surface area contributed by atoms with Crippen molar-refractivity contribution >= 4 is 11.8 Å². The monoisotopic (exact) mass is 257 g/mol. The fourth-order valence-electron chi connectivity index (χ4n) is 1.29. The molecular formula is C13H27N3O2. The Bertz CT molecular complexity index is 282. The number of carbonyl (C=O) groups is 2. The van der Waals surface area contributed by atoms with Crippen LogP contribution in [0.25, 0.3) is 0 Å². The van der Waals surface area contributed by atoms with Gasteiger partial charge in [0.1, 0.15) is 0 Å². The van der Waals surface area contributed by atoms with Gasteiger partial charge in [-0.25, -0.2) is 0 Å². The van der Waals surface area contributed by atoms with Gasteiger partial charge in [-0.1, -0.05) is 0 Å². The third kappa shape index (κ3) is 8.06. The Hall–Kier alpha value is -1.10. The van der Waals surface area contributed by atoms with Crippen molar-refractivity contribution < 1.29 is 9.59 Å². The molecule has 0 bridgehead atoms. The van der Waals surface area contributed by atoms with Crippen LogP contribution >= 0.6 is 0 Å². The Kier molecular flexibility index (Phi) is 6.91. The number of rotatable bonds is 6. The normalized spacial score (nSPS) is 11.5. The van der Waals surface area contributed by atoms with Crippen LogP contribution in [0.5, 0.6) is 0 Å². The van der Waals surface area contributed by atoms with Crippen LogP contribution < -0.4 is 10.6 Å². The van der Waals surface area contributed by atoms with Crippen LogP contribution in [0.15, 0.2) is 0 Å². The predicted molar refractivity (Wildman–Crippen MR) is 73.3 cm³/mol. The number of amides is 2. The zero-order chi connectivity index (χ0) is 14.3. The summed E-state index contributed by atoms with van der Waals surface area (Å²) in [7, 11) is 1.78. The van der Waals surface area contributed by atoms with E-state index >= 15 is 0 Å². The topological polar surface area (TPSA) is 61.4 Å². The van der Waals surface area contributed by atoms with Crippen molar-refractivity contribution in [2.24, 2.45) is 0 Å². The number of hydrogen-bond donors (Lipinski definition) is 2. The number of nitrogens with one attached hydrogen (secondary N) is 2. The van der Waals surface area contributed by atoms with E-state index in [1.165, 1.54) is 0 Å². The molecule has 0 aromatic carbocycles. The Morgan fingerprint density at radius 3 is 2.22 bits per heavy atom. The van der Waals surface area contributed by atoms with Crippen molar-refractivity contribution in [3.05, 3.63) is 0 Å². The lowest BCUT2D eigenvalue weighted by Gasteiger charge is -2.22. The molecule has 0 aliphatic rings. The molecular weight excluding hydrogens is 230 g/mol. The largest absolute Gasteiger partial charge is 0.351 e. The standard InChI is InChI=1S/C13H27N3O2/c1-10(2)16(6)12(18)9-14-8-7-11(17)15-13(3,4)5/h10,14H,7-9H2,1-6H3,(H,15,17). The van der Waals surface area contributed by atoms with Crippen molar-refractivity contribution in [3.63, 3.8) is 0 Å². The second kappa shape index (κ2) is 7.36. The zero-order valence-electron chi connectivity index (χ0n) is 12.5. The summed E-state index contributed by atoms with van der Waals surface area (Å²) in [6.07, 6.45) is 0.385. The molecule has 5 heteroatoms. The van der Waals surface area contributed by atoms with Crippen LogP contribution in [0.2, 0.25) is 0 Å². The fourth-order valence-corrected chi connectivity index (χ4v) is 1.29. The highest BCUT2D eigenvalue weighted by Crippen LogP contribution is 1.98. The molecule has 5 nitrogen and oxygen atoms in total. The maximum absolute atomic E-state index is 11.6. The Labute approximate surface area is 110 Å². The molecule has 0 aliphatic heterocycles. The molecule has 0 aliphatic carbocycles. The molecule has 0 rings (SSSR count). The van der Waals surface area contributed by atoms with Crippen LogP contribution in [0.1, 0.15) is 41.0 Å². The lowest BCUT2D eigenvalue weighted by atomic mass is 10.1.